The Morgan fingerprint density at radius 2 is 1.92 bits per heavy atom. The SMILES string of the molecule is CC[C@@H](Sc1ccc2nnc(-c3ccc(OC)cc3)n2n1)C(=O)OC. The lowest BCUT2D eigenvalue weighted by molar-refractivity contribution is -0.140. The summed E-state index contributed by atoms with van der Waals surface area (Å²) < 4.78 is 11.7. The van der Waals surface area contributed by atoms with Gasteiger partial charge in [-0.2, -0.15) is 9.61 Å². The van der Waals surface area contributed by atoms with Gasteiger partial charge in [-0.1, -0.05) is 18.7 Å². The first-order valence-electron chi connectivity index (χ1n) is 7.77. The number of esters is 1. The molecule has 0 unspecified atom stereocenters. The van der Waals surface area contributed by atoms with Gasteiger partial charge in [0.2, 0.25) is 0 Å². The highest BCUT2D eigenvalue weighted by Crippen LogP contribution is 2.26. The molecule has 0 radical (unpaired) electrons. The third kappa shape index (κ3) is 3.58. The van der Waals surface area contributed by atoms with Gasteiger partial charge >= 0.3 is 5.97 Å². The van der Waals surface area contributed by atoms with Gasteiger partial charge in [0.25, 0.3) is 0 Å². The lowest BCUT2D eigenvalue weighted by Gasteiger charge is -2.11. The number of aromatic nitrogens is 4. The fourth-order valence-electron chi connectivity index (χ4n) is 2.33. The minimum absolute atomic E-state index is 0.256. The molecule has 0 saturated carbocycles. The van der Waals surface area contributed by atoms with Crippen LogP contribution in [0, 0.1) is 0 Å². The van der Waals surface area contributed by atoms with Crippen LogP contribution in [0.5, 0.6) is 5.75 Å². The normalized spacial score (nSPS) is 12.1. The van der Waals surface area contributed by atoms with Crippen molar-refractivity contribution in [1.82, 2.24) is 19.8 Å². The van der Waals surface area contributed by atoms with Crippen LogP contribution in [0.3, 0.4) is 0 Å². The fourth-order valence-corrected chi connectivity index (χ4v) is 3.26. The summed E-state index contributed by atoms with van der Waals surface area (Å²) in [5.74, 6) is 1.14. The Bertz CT molecular complexity index is 879. The predicted molar refractivity (Wildman–Crippen MR) is 94.7 cm³/mol. The second-order valence-electron chi connectivity index (χ2n) is 5.23. The lowest BCUT2D eigenvalue weighted by Crippen LogP contribution is -2.18. The van der Waals surface area contributed by atoms with E-state index in [0.29, 0.717) is 22.9 Å². The molecule has 0 N–H and O–H groups in total. The smallest absolute Gasteiger partial charge is 0.319 e. The number of carbonyl (C=O) groups is 1. The van der Waals surface area contributed by atoms with Gasteiger partial charge in [0.15, 0.2) is 11.5 Å². The second kappa shape index (κ2) is 7.52. The molecule has 0 aliphatic carbocycles. The van der Waals surface area contributed by atoms with E-state index in [9.17, 15) is 4.79 Å². The predicted octanol–water partition coefficient (Wildman–Crippen LogP) is 2.84. The van der Waals surface area contributed by atoms with Gasteiger partial charge < -0.3 is 9.47 Å². The first kappa shape index (κ1) is 17.2. The van der Waals surface area contributed by atoms with Crippen LogP contribution < -0.4 is 4.74 Å². The Hall–Kier alpha value is -2.61. The van der Waals surface area contributed by atoms with E-state index in [0.717, 1.165) is 11.3 Å². The molecular weight excluding hydrogens is 340 g/mol. The van der Waals surface area contributed by atoms with Gasteiger partial charge in [-0.05, 0) is 42.8 Å². The number of rotatable bonds is 6. The molecule has 3 aromatic rings. The van der Waals surface area contributed by atoms with Gasteiger partial charge in [-0.3, -0.25) is 4.79 Å². The van der Waals surface area contributed by atoms with E-state index < -0.39 is 0 Å². The first-order chi connectivity index (χ1) is 12.2. The summed E-state index contributed by atoms with van der Waals surface area (Å²) >= 11 is 1.37. The standard InChI is InChI=1S/C17H18N4O3S/c1-4-13(17(22)24-3)25-15-10-9-14-18-19-16(21(14)20-15)11-5-7-12(23-2)8-6-11/h5-10,13H,4H2,1-3H3/t13-/m1/s1. The number of fused-ring (bicyclic) bond motifs is 1. The molecule has 0 aliphatic rings. The zero-order valence-electron chi connectivity index (χ0n) is 14.2. The van der Waals surface area contributed by atoms with Crippen molar-refractivity contribution in [3.63, 3.8) is 0 Å². The van der Waals surface area contributed by atoms with Crippen LogP contribution in [0.4, 0.5) is 0 Å². The molecular formula is C17H18N4O3S. The molecule has 130 valence electrons. The van der Waals surface area contributed by atoms with Crippen LogP contribution in [0.15, 0.2) is 41.4 Å². The van der Waals surface area contributed by atoms with Crippen molar-refractivity contribution in [1.29, 1.82) is 0 Å². The summed E-state index contributed by atoms with van der Waals surface area (Å²) in [6.07, 6.45) is 0.657. The molecule has 0 bridgehead atoms. The average molecular weight is 358 g/mol. The molecule has 25 heavy (non-hydrogen) atoms. The van der Waals surface area contributed by atoms with Gasteiger partial charge in [-0.15, -0.1) is 10.2 Å². The summed E-state index contributed by atoms with van der Waals surface area (Å²) in [5.41, 5.74) is 1.52. The first-order valence-corrected chi connectivity index (χ1v) is 8.65. The molecule has 0 saturated heterocycles. The molecule has 1 atom stereocenters. The summed E-state index contributed by atoms with van der Waals surface area (Å²) in [5, 5.41) is 13.4. The lowest BCUT2D eigenvalue weighted by atomic mass is 10.2. The highest BCUT2D eigenvalue weighted by molar-refractivity contribution is 8.00. The molecule has 3 rings (SSSR count). The monoisotopic (exact) mass is 358 g/mol. The zero-order valence-corrected chi connectivity index (χ0v) is 15.0. The highest BCUT2D eigenvalue weighted by Gasteiger charge is 2.20. The van der Waals surface area contributed by atoms with E-state index in [1.807, 2.05) is 43.3 Å². The zero-order chi connectivity index (χ0) is 17.8. The van der Waals surface area contributed by atoms with Crippen molar-refractivity contribution >= 4 is 23.4 Å². The van der Waals surface area contributed by atoms with Crippen LogP contribution in [0.2, 0.25) is 0 Å². The maximum Gasteiger partial charge on any atom is 0.319 e. The number of methoxy groups -OCH3 is 2. The van der Waals surface area contributed by atoms with E-state index >= 15 is 0 Å². The average Bonchev–Trinajstić information content (AvgIpc) is 3.08. The Balaban J connectivity index is 1.94. The van der Waals surface area contributed by atoms with Crippen molar-refractivity contribution < 1.29 is 14.3 Å². The third-order valence-electron chi connectivity index (χ3n) is 3.68. The summed E-state index contributed by atoms with van der Waals surface area (Å²) in [4.78, 5) is 11.8. The molecule has 2 heterocycles. The van der Waals surface area contributed by atoms with E-state index in [1.165, 1.54) is 18.9 Å². The van der Waals surface area contributed by atoms with Crippen molar-refractivity contribution in [3.05, 3.63) is 36.4 Å². The van der Waals surface area contributed by atoms with Crippen LogP contribution >= 0.6 is 11.8 Å². The number of ether oxygens (including phenoxy) is 2. The number of hydrogen-bond acceptors (Lipinski definition) is 7. The Morgan fingerprint density at radius 3 is 2.56 bits per heavy atom. The number of benzene rings is 1. The molecule has 8 heteroatoms. The van der Waals surface area contributed by atoms with E-state index in [2.05, 4.69) is 15.3 Å². The quantitative estimate of drug-likeness (QED) is 0.495. The minimum atomic E-state index is -0.295. The second-order valence-corrected chi connectivity index (χ2v) is 6.45. The largest absolute Gasteiger partial charge is 0.497 e. The van der Waals surface area contributed by atoms with Crippen LogP contribution in [-0.2, 0) is 9.53 Å². The number of nitrogens with zero attached hydrogens (tertiary/aromatic N) is 4. The maximum absolute atomic E-state index is 11.8. The molecule has 0 aliphatic heterocycles. The molecule has 7 nitrogen and oxygen atoms in total. The van der Waals surface area contributed by atoms with Gasteiger partial charge in [-0.25, -0.2) is 0 Å². The summed E-state index contributed by atoms with van der Waals surface area (Å²) in [6.45, 7) is 1.94. The maximum atomic E-state index is 11.8. The molecule has 0 spiro atoms. The van der Waals surface area contributed by atoms with Crippen molar-refractivity contribution in [2.45, 2.75) is 23.6 Å². The molecule has 1 aromatic carbocycles. The van der Waals surface area contributed by atoms with Crippen molar-refractivity contribution in [3.8, 4) is 17.1 Å². The number of carbonyl (C=O) groups excluding carboxylic acids is 1. The van der Waals surface area contributed by atoms with Crippen LogP contribution in [-0.4, -0.2) is 45.3 Å². The van der Waals surface area contributed by atoms with Gasteiger partial charge in [0.1, 0.15) is 16.0 Å². The Labute approximate surface area is 149 Å². The Morgan fingerprint density at radius 1 is 1.16 bits per heavy atom. The number of hydrogen-bond donors (Lipinski definition) is 0. The van der Waals surface area contributed by atoms with E-state index in [4.69, 9.17) is 9.47 Å². The van der Waals surface area contributed by atoms with E-state index in [-0.39, 0.29) is 11.2 Å². The summed E-state index contributed by atoms with van der Waals surface area (Å²) in [6, 6.07) is 11.2. The highest BCUT2D eigenvalue weighted by atomic mass is 32.2. The number of thioether (sulfide) groups is 1. The topological polar surface area (TPSA) is 78.6 Å². The van der Waals surface area contributed by atoms with Crippen LogP contribution in [0.25, 0.3) is 17.0 Å². The molecule has 2 aromatic heterocycles. The minimum Gasteiger partial charge on any atom is -0.497 e. The Kier molecular flexibility index (Phi) is 5.18. The van der Waals surface area contributed by atoms with E-state index in [1.54, 1.807) is 11.6 Å². The molecule has 0 amide bonds. The van der Waals surface area contributed by atoms with Gasteiger partial charge in [0.05, 0.1) is 14.2 Å². The van der Waals surface area contributed by atoms with Gasteiger partial charge in [0, 0.05) is 5.56 Å². The fraction of sp³-hybridized carbons (Fsp3) is 0.294. The third-order valence-corrected chi connectivity index (χ3v) is 4.95. The van der Waals surface area contributed by atoms with Crippen molar-refractivity contribution in [2.24, 2.45) is 0 Å². The van der Waals surface area contributed by atoms with Crippen LogP contribution in [0.1, 0.15) is 13.3 Å². The molecule has 0 fully saturated rings. The van der Waals surface area contributed by atoms with Crippen molar-refractivity contribution in [2.75, 3.05) is 14.2 Å². The summed E-state index contributed by atoms with van der Waals surface area (Å²) in [7, 11) is 3.02.